The molecule has 8 heteroatoms. The molecule has 0 spiro atoms. The number of hydrogen-bond acceptors (Lipinski definition) is 3. The van der Waals surface area contributed by atoms with Gasteiger partial charge in [-0.2, -0.15) is 13.2 Å². The van der Waals surface area contributed by atoms with Crippen molar-refractivity contribution in [3.05, 3.63) is 83.8 Å². The lowest BCUT2D eigenvalue weighted by Crippen LogP contribution is -2.07. The van der Waals surface area contributed by atoms with E-state index < -0.39 is 27.4 Å². The van der Waals surface area contributed by atoms with Crippen LogP contribution < -0.4 is 0 Å². The fraction of sp³-hybridized carbons (Fsp3) is 0.125. The zero-order chi connectivity index (χ0) is 23.3. The minimum absolute atomic E-state index is 0.0992. The third kappa shape index (κ3) is 4.10. The van der Waals surface area contributed by atoms with Crippen molar-refractivity contribution < 1.29 is 26.0 Å². The van der Waals surface area contributed by atoms with Gasteiger partial charge in [0.1, 0.15) is 5.82 Å². The molecular weight excluding hydrogens is 442 g/mol. The predicted molar refractivity (Wildman–Crippen MR) is 115 cm³/mol. The first-order valence-electron chi connectivity index (χ1n) is 9.53. The summed E-state index contributed by atoms with van der Waals surface area (Å²) < 4.78 is 79.2. The van der Waals surface area contributed by atoms with E-state index in [1.54, 1.807) is 19.1 Å². The van der Waals surface area contributed by atoms with Gasteiger partial charge in [-0.1, -0.05) is 30.3 Å². The highest BCUT2D eigenvalue weighted by Crippen LogP contribution is 2.39. The second-order valence-electron chi connectivity index (χ2n) is 7.51. The van der Waals surface area contributed by atoms with Gasteiger partial charge in [0.25, 0.3) is 0 Å². The quantitative estimate of drug-likeness (QED) is 0.331. The highest BCUT2D eigenvalue weighted by molar-refractivity contribution is 7.90. The summed E-state index contributed by atoms with van der Waals surface area (Å²) in [6.45, 7) is 1.55. The molecule has 0 radical (unpaired) electrons. The van der Waals surface area contributed by atoms with Crippen LogP contribution in [0.5, 0.6) is 0 Å². The van der Waals surface area contributed by atoms with Gasteiger partial charge < -0.3 is 0 Å². The van der Waals surface area contributed by atoms with Crippen LogP contribution in [0.3, 0.4) is 0 Å². The lowest BCUT2D eigenvalue weighted by molar-refractivity contribution is -0.136. The summed E-state index contributed by atoms with van der Waals surface area (Å²) in [7, 11) is -3.45. The predicted octanol–water partition coefficient (Wildman–Crippen LogP) is 6.44. The Kier molecular flexibility index (Phi) is 5.29. The summed E-state index contributed by atoms with van der Waals surface area (Å²) in [5, 5.41) is 0.173. The molecule has 3 aromatic carbocycles. The highest BCUT2D eigenvalue weighted by Gasteiger charge is 2.33. The molecule has 0 saturated heterocycles. The molecule has 0 fully saturated rings. The molecule has 164 valence electrons. The summed E-state index contributed by atoms with van der Waals surface area (Å²) in [6.07, 6.45) is -3.52. The molecule has 0 aliphatic heterocycles. The second-order valence-corrected chi connectivity index (χ2v) is 9.52. The third-order valence-corrected chi connectivity index (χ3v) is 6.24. The molecule has 0 bridgehead atoms. The molecule has 0 amide bonds. The van der Waals surface area contributed by atoms with Crippen LogP contribution in [0, 0.1) is 12.7 Å². The number of rotatable bonds is 3. The SMILES string of the molecule is Cc1cc(-c2cc(-c3cccc(S(C)(=O)=O)c3)ccc2F)c2cccc(C(F)(F)F)c2n1. The van der Waals surface area contributed by atoms with Crippen molar-refractivity contribution in [2.24, 2.45) is 0 Å². The Bertz CT molecular complexity index is 1460. The van der Waals surface area contributed by atoms with Crippen molar-refractivity contribution in [3.63, 3.8) is 0 Å². The molecule has 3 nitrogen and oxygen atoms in total. The van der Waals surface area contributed by atoms with Crippen LogP contribution in [0.25, 0.3) is 33.2 Å². The Morgan fingerprint density at radius 1 is 0.844 bits per heavy atom. The van der Waals surface area contributed by atoms with Crippen LogP contribution in [0.1, 0.15) is 11.3 Å². The van der Waals surface area contributed by atoms with E-state index in [4.69, 9.17) is 0 Å². The van der Waals surface area contributed by atoms with Crippen LogP contribution in [0.15, 0.2) is 71.6 Å². The van der Waals surface area contributed by atoms with Gasteiger partial charge in [0, 0.05) is 22.9 Å². The smallest absolute Gasteiger partial charge is 0.252 e. The molecule has 0 N–H and O–H groups in total. The van der Waals surface area contributed by atoms with E-state index >= 15 is 0 Å². The number of sulfone groups is 1. The molecule has 0 saturated carbocycles. The summed E-state index contributed by atoms with van der Waals surface area (Å²) in [5.74, 6) is -0.614. The van der Waals surface area contributed by atoms with E-state index in [-0.39, 0.29) is 26.9 Å². The van der Waals surface area contributed by atoms with Crippen LogP contribution in [-0.4, -0.2) is 19.7 Å². The number of para-hydroxylation sites is 1. The standard InChI is InChI=1S/C24H17F4NO2S/c1-14-11-19(18-7-4-8-21(23(18)29-14)24(26,27)28)20-13-16(9-10-22(20)25)15-5-3-6-17(12-15)32(2,30)31/h3-13H,1-2H3. The lowest BCUT2D eigenvalue weighted by Gasteiger charge is -2.15. The number of aryl methyl sites for hydroxylation is 1. The van der Waals surface area contributed by atoms with Crippen molar-refractivity contribution in [2.75, 3.05) is 6.26 Å². The van der Waals surface area contributed by atoms with Crippen molar-refractivity contribution >= 4 is 20.7 Å². The van der Waals surface area contributed by atoms with Gasteiger partial charge in [-0.15, -0.1) is 0 Å². The van der Waals surface area contributed by atoms with Gasteiger partial charge in [-0.3, -0.25) is 4.98 Å². The van der Waals surface area contributed by atoms with Crippen LogP contribution in [0.4, 0.5) is 17.6 Å². The topological polar surface area (TPSA) is 47.0 Å². The van der Waals surface area contributed by atoms with E-state index in [0.717, 1.165) is 12.3 Å². The third-order valence-electron chi connectivity index (χ3n) is 5.13. The van der Waals surface area contributed by atoms with E-state index in [1.165, 1.54) is 48.5 Å². The molecule has 0 atom stereocenters. The maximum Gasteiger partial charge on any atom is 0.418 e. The largest absolute Gasteiger partial charge is 0.418 e. The maximum atomic E-state index is 14.9. The number of pyridine rings is 1. The first kappa shape index (κ1) is 22.0. The fourth-order valence-electron chi connectivity index (χ4n) is 3.65. The molecule has 4 aromatic rings. The zero-order valence-corrected chi connectivity index (χ0v) is 17.9. The van der Waals surface area contributed by atoms with Gasteiger partial charge in [-0.05, 0) is 60.0 Å². The summed E-state index contributed by atoms with van der Waals surface area (Å²) in [4.78, 5) is 4.18. The highest BCUT2D eigenvalue weighted by atomic mass is 32.2. The van der Waals surface area contributed by atoms with E-state index in [2.05, 4.69) is 4.98 Å². The minimum Gasteiger partial charge on any atom is -0.252 e. The lowest BCUT2D eigenvalue weighted by atomic mass is 9.94. The Balaban J connectivity index is 1.96. The molecule has 1 heterocycles. The number of alkyl halides is 3. The molecule has 0 aliphatic rings. The molecule has 1 aromatic heterocycles. The van der Waals surface area contributed by atoms with Crippen molar-refractivity contribution in [2.45, 2.75) is 18.0 Å². The van der Waals surface area contributed by atoms with Gasteiger partial charge >= 0.3 is 6.18 Å². The number of benzene rings is 3. The van der Waals surface area contributed by atoms with Crippen molar-refractivity contribution in [1.29, 1.82) is 0 Å². The Labute approximate surface area is 182 Å². The zero-order valence-electron chi connectivity index (χ0n) is 17.0. The first-order chi connectivity index (χ1) is 14.9. The summed E-state index contributed by atoms with van der Waals surface area (Å²) in [6, 6.07) is 15.6. The van der Waals surface area contributed by atoms with Crippen molar-refractivity contribution in [1.82, 2.24) is 4.98 Å². The number of hydrogen-bond donors (Lipinski definition) is 0. The number of halogens is 4. The van der Waals surface area contributed by atoms with Gasteiger partial charge in [-0.25, -0.2) is 12.8 Å². The molecular formula is C24H17F4NO2S. The Morgan fingerprint density at radius 3 is 2.22 bits per heavy atom. The average Bonchev–Trinajstić information content (AvgIpc) is 2.72. The van der Waals surface area contributed by atoms with E-state index in [9.17, 15) is 26.0 Å². The number of aromatic nitrogens is 1. The monoisotopic (exact) mass is 459 g/mol. The Hall–Kier alpha value is -3.26. The average molecular weight is 459 g/mol. The fourth-order valence-corrected chi connectivity index (χ4v) is 4.31. The second kappa shape index (κ2) is 7.70. The van der Waals surface area contributed by atoms with E-state index in [0.29, 0.717) is 16.8 Å². The number of fused-ring (bicyclic) bond motifs is 1. The molecule has 4 rings (SSSR count). The number of nitrogens with zero attached hydrogens (tertiary/aromatic N) is 1. The van der Waals surface area contributed by atoms with Crippen LogP contribution in [-0.2, 0) is 16.0 Å². The van der Waals surface area contributed by atoms with Gasteiger partial charge in [0.05, 0.1) is 16.0 Å². The summed E-state index contributed by atoms with van der Waals surface area (Å²) in [5.41, 5.74) is 0.616. The minimum atomic E-state index is -4.61. The Morgan fingerprint density at radius 2 is 1.53 bits per heavy atom. The van der Waals surface area contributed by atoms with Crippen LogP contribution >= 0.6 is 0 Å². The summed E-state index contributed by atoms with van der Waals surface area (Å²) >= 11 is 0. The molecule has 0 unspecified atom stereocenters. The molecule has 0 aliphatic carbocycles. The van der Waals surface area contributed by atoms with Crippen molar-refractivity contribution in [3.8, 4) is 22.3 Å². The normalized spacial score (nSPS) is 12.3. The first-order valence-corrected chi connectivity index (χ1v) is 11.4. The van der Waals surface area contributed by atoms with E-state index in [1.807, 2.05) is 0 Å². The van der Waals surface area contributed by atoms with Crippen LogP contribution in [0.2, 0.25) is 0 Å². The molecule has 32 heavy (non-hydrogen) atoms. The maximum absolute atomic E-state index is 14.9. The van der Waals surface area contributed by atoms with Gasteiger partial charge in [0.15, 0.2) is 9.84 Å². The van der Waals surface area contributed by atoms with Gasteiger partial charge in [0.2, 0.25) is 0 Å².